The van der Waals surface area contributed by atoms with Crippen LogP contribution in [0.4, 0.5) is 5.82 Å². The Morgan fingerprint density at radius 2 is 1.95 bits per heavy atom. The first-order valence-electron chi connectivity index (χ1n) is 6.19. The molecule has 2 heterocycles. The molecule has 0 bridgehead atoms. The van der Waals surface area contributed by atoms with Gasteiger partial charge in [-0.05, 0) is 43.0 Å². The molecule has 0 aliphatic heterocycles. The van der Waals surface area contributed by atoms with E-state index in [-0.39, 0.29) is 0 Å². The summed E-state index contributed by atoms with van der Waals surface area (Å²) in [5.41, 5.74) is 3.42. The second kappa shape index (κ2) is 4.63. The fraction of sp³-hybridized carbons (Fsp3) is 0.200. The first-order chi connectivity index (χ1) is 9.19. The Balaban J connectivity index is 2.29. The number of hydrogen-bond acceptors (Lipinski definition) is 4. The highest BCUT2D eigenvalue weighted by molar-refractivity contribution is 7.13. The molecule has 1 N–H and O–H groups in total. The molecule has 96 valence electrons. The van der Waals surface area contributed by atoms with Crippen molar-refractivity contribution in [3.8, 4) is 10.7 Å². The molecule has 0 aliphatic carbocycles. The first-order valence-corrected chi connectivity index (χ1v) is 7.07. The van der Waals surface area contributed by atoms with Crippen molar-refractivity contribution in [3.05, 3.63) is 40.8 Å². The monoisotopic (exact) mass is 269 g/mol. The summed E-state index contributed by atoms with van der Waals surface area (Å²) < 4.78 is 0. The maximum absolute atomic E-state index is 4.69. The zero-order valence-electron chi connectivity index (χ0n) is 11.2. The minimum atomic E-state index is 0.799. The maximum Gasteiger partial charge on any atom is 0.172 e. The average molecular weight is 269 g/mol. The van der Waals surface area contributed by atoms with E-state index in [1.807, 2.05) is 7.05 Å². The minimum absolute atomic E-state index is 0.799. The van der Waals surface area contributed by atoms with Crippen LogP contribution < -0.4 is 5.32 Å². The molecule has 0 fully saturated rings. The summed E-state index contributed by atoms with van der Waals surface area (Å²) in [5, 5.41) is 6.32. The van der Waals surface area contributed by atoms with E-state index in [1.165, 1.54) is 11.1 Å². The molecule has 1 aromatic carbocycles. The van der Waals surface area contributed by atoms with E-state index in [2.05, 4.69) is 58.8 Å². The molecular formula is C15H15N3S. The van der Waals surface area contributed by atoms with Gasteiger partial charge in [0.1, 0.15) is 5.82 Å². The number of rotatable bonds is 2. The largest absolute Gasteiger partial charge is 0.373 e. The Labute approximate surface area is 116 Å². The predicted molar refractivity (Wildman–Crippen MR) is 81.9 cm³/mol. The molecule has 0 unspecified atom stereocenters. The Morgan fingerprint density at radius 3 is 2.63 bits per heavy atom. The number of nitrogens with one attached hydrogen (secondary N) is 1. The number of anilines is 1. The third-order valence-corrected chi connectivity index (χ3v) is 4.17. The molecule has 0 spiro atoms. The van der Waals surface area contributed by atoms with E-state index in [9.17, 15) is 0 Å². The van der Waals surface area contributed by atoms with Crippen molar-refractivity contribution in [2.24, 2.45) is 0 Å². The SMILES string of the molecule is CNc1nc(-c2sccc2C)nc2ccc(C)cc12. The lowest BCUT2D eigenvalue weighted by Crippen LogP contribution is -1.98. The Bertz CT molecular complexity index is 746. The zero-order valence-corrected chi connectivity index (χ0v) is 12.0. The number of hydrogen-bond donors (Lipinski definition) is 1. The Hall–Kier alpha value is -1.94. The maximum atomic E-state index is 4.69. The van der Waals surface area contributed by atoms with Crippen LogP contribution in [-0.4, -0.2) is 17.0 Å². The fourth-order valence-electron chi connectivity index (χ4n) is 2.14. The standard InChI is InChI=1S/C15H15N3S/c1-9-4-5-12-11(8-9)14(16-3)18-15(17-12)13-10(2)6-7-19-13/h4-8H,1-3H3,(H,16,17,18). The Morgan fingerprint density at radius 1 is 1.11 bits per heavy atom. The van der Waals surface area contributed by atoms with Crippen molar-refractivity contribution >= 4 is 28.1 Å². The number of benzene rings is 1. The van der Waals surface area contributed by atoms with Crippen molar-refractivity contribution in [2.45, 2.75) is 13.8 Å². The summed E-state index contributed by atoms with van der Waals surface area (Å²) >= 11 is 1.68. The third-order valence-electron chi connectivity index (χ3n) is 3.15. The van der Waals surface area contributed by atoms with Crippen molar-refractivity contribution in [3.63, 3.8) is 0 Å². The molecular weight excluding hydrogens is 254 g/mol. The minimum Gasteiger partial charge on any atom is -0.373 e. The highest BCUT2D eigenvalue weighted by Crippen LogP contribution is 2.30. The normalized spacial score (nSPS) is 10.9. The summed E-state index contributed by atoms with van der Waals surface area (Å²) in [6.07, 6.45) is 0. The van der Waals surface area contributed by atoms with Gasteiger partial charge in [0.15, 0.2) is 5.82 Å². The van der Waals surface area contributed by atoms with E-state index in [0.717, 1.165) is 27.4 Å². The first kappa shape index (κ1) is 12.1. The van der Waals surface area contributed by atoms with E-state index in [1.54, 1.807) is 11.3 Å². The number of aryl methyl sites for hydroxylation is 2. The molecule has 3 rings (SSSR count). The highest BCUT2D eigenvalue weighted by Gasteiger charge is 2.11. The van der Waals surface area contributed by atoms with Crippen LogP contribution in [-0.2, 0) is 0 Å². The van der Waals surface area contributed by atoms with Crippen LogP contribution >= 0.6 is 11.3 Å². The molecule has 3 aromatic rings. The van der Waals surface area contributed by atoms with Crippen molar-refractivity contribution in [2.75, 3.05) is 12.4 Å². The quantitative estimate of drug-likeness (QED) is 0.763. The summed E-state index contributed by atoms with van der Waals surface area (Å²) in [7, 11) is 1.90. The number of nitrogens with zero attached hydrogens (tertiary/aromatic N) is 2. The molecule has 0 saturated carbocycles. The number of aromatic nitrogens is 2. The topological polar surface area (TPSA) is 37.8 Å². The molecule has 19 heavy (non-hydrogen) atoms. The van der Waals surface area contributed by atoms with Gasteiger partial charge in [-0.15, -0.1) is 11.3 Å². The van der Waals surface area contributed by atoms with E-state index < -0.39 is 0 Å². The van der Waals surface area contributed by atoms with Gasteiger partial charge >= 0.3 is 0 Å². The molecule has 3 nitrogen and oxygen atoms in total. The predicted octanol–water partition coefficient (Wildman–Crippen LogP) is 4.02. The summed E-state index contributed by atoms with van der Waals surface area (Å²) in [6.45, 7) is 4.17. The Kier molecular flexibility index (Phi) is 2.95. The van der Waals surface area contributed by atoms with Crippen LogP contribution in [0.25, 0.3) is 21.6 Å². The van der Waals surface area contributed by atoms with Gasteiger partial charge in [-0.1, -0.05) is 11.6 Å². The number of thiophene rings is 1. The molecule has 0 aliphatic rings. The van der Waals surface area contributed by atoms with Gasteiger partial charge in [0.2, 0.25) is 0 Å². The van der Waals surface area contributed by atoms with Crippen molar-refractivity contribution in [1.29, 1.82) is 0 Å². The number of fused-ring (bicyclic) bond motifs is 1. The third kappa shape index (κ3) is 2.08. The molecule has 2 aromatic heterocycles. The molecule has 4 heteroatoms. The smallest absolute Gasteiger partial charge is 0.172 e. The molecule has 0 amide bonds. The van der Waals surface area contributed by atoms with E-state index in [0.29, 0.717) is 0 Å². The zero-order chi connectivity index (χ0) is 13.4. The lowest BCUT2D eigenvalue weighted by molar-refractivity contribution is 1.21. The van der Waals surface area contributed by atoms with Gasteiger partial charge < -0.3 is 5.32 Å². The van der Waals surface area contributed by atoms with Crippen molar-refractivity contribution in [1.82, 2.24) is 9.97 Å². The van der Waals surface area contributed by atoms with Crippen molar-refractivity contribution < 1.29 is 0 Å². The molecule has 0 atom stereocenters. The van der Waals surface area contributed by atoms with E-state index >= 15 is 0 Å². The van der Waals surface area contributed by atoms with Gasteiger partial charge in [-0.25, -0.2) is 9.97 Å². The van der Waals surface area contributed by atoms with E-state index in [4.69, 9.17) is 0 Å². The summed E-state index contributed by atoms with van der Waals surface area (Å²) in [5.74, 6) is 1.68. The summed E-state index contributed by atoms with van der Waals surface area (Å²) in [6, 6.07) is 8.35. The second-order valence-electron chi connectivity index (χ2n) is 4.60. The van der Waals surface area contributed by atoms with Gasteiger partial charge in [-0.2, -0.15) is 0 Å². The average Bonchev–Trinajstić information content (AvgIpc) is 2.84. The van der Waals surface area contributed by atoms with Crippen LogP contribution in [0.15, 0.2) is 29.6 Å². The van der Waals surface area contributed by atoms with Gasteiger partial charge in [0.05, 0.1) is 10.4 Å². The molecule has 0 saturated heterocycles. The van der Waals surface area contributed by atoms with Crippen LogP contribution in [0.2, 0.25) is 0 Å². The fourth-order valence-corrected chi connectivity index (χ4v) is 3.00. The van der Waals surface area contributed by atoms with Crippen LogP contribution in [0, 0.1) is 13.8 Å². The van der Waals surface area contributed by atoms with Crippen LogP contribution in [0.1, 0.15) is 11.1 Å². The molecule has 0 radical (unpaired) electrons. The lowest BCUT2D eigenvalue weighted by atomic mass is 10.1. The van der Waals surface area contributed by atoms with Gasteiger partial charge in [0, 0.05) is 12.4 Å². The second-order valence-corrected chi connectivity index (χ2v) is 5.52. The summed E-state index contributed by atoms with van der Waals surface area (Å²) in [4.78, 5) is 10.5. The van der Waals surface area contributed by atoms with Crippen LogP contribution in [0.3, 0.4) is 0 Å². The highest BCUT2D eigenvalue weighted by atomic mass is 32.1. The van der Waals surface area contributed by atoms with Gasteiger partial charge in [0.25, 0.3) is 0 Å². The van der Waals surface area contributed by atoms with Gasteiger partial charge in [-0.3, -0.25) is 0 Å². The van der Waals surface area contributed by atoms with Crippen LogP contribution in [0.5, 0.6) is 0 Å². The lowest BCUT2D eigenvalue weighted by Gasteiger charge is -2.08.